The predicted octanol–water partition coefficient (Wildman–Crippen LogP) is 4.92. The van der Waals surface area contributed by atoms with Crippen molar-refractivity contribution >= 4 is 11.6 Å². The van der Waals surface area contributed by atoms with Crippen molar-refractivity contribution in [1.29, 1.82) is 0 Å². The van der Waals surface area contributed by atoms with Crippen LogP contribution in [0.3, 0.4) is 0 Å². The number of rotatable bonds is 4. The first-order valence-electron chi connectivity index (χ1n) is 10.4. The topological polar surface area (TPSA) is 52.6 Å². The normalized spacial score (nSPS) is 27.1. The highest BCUT2D eigenvalue weighted by atomic mass is 16.5. The molecule has 2 aromatic rings. The van der Waals surface area contributed by atoms with Crippen molar-refractivity contribution in [2.24, 2.45) is 11.8 Å². The lowest BCUT2D eigenvalue weighted by atomic mass is 9.63. The van der Waals surface area contributed by atoms with Crippen LogP contribution in [-0.2, 0) is 9.59 Å². The molecule has 0 amide bonds. The van der Waals surface area contributed by atoms with Crippen molar-refractivity contribution < 1.29 is 19.1 Å². The highest BCUT2D eigenvalue weighted by Crippen LogP contribution is 2.46. The van der Waals surface area contributed by atoms with Gasteiger partial charge in [-0.1, -0.05) is 30.7 Å². The summed E-state index contributed by atoms with van der Waals surface area (Å²) in [5, 5.41) is 0. The van der Waals surface area contributed by atoms with Crippen molar-refractivity contribution in [1.82, 2.24) is 0 Å². The standard InChI is InChI=1S/C25H28O4/c1-28-19-10-6-16(7-11-19)23-14-18(26)15-24(17-8-12-20(29-2)13-9-17)22-5-3-4-21(23)25(22)27/h6-13,21-24H,3-5,14-15H2,1-2H3. The van der Waals surface area contributed by atoms with Crippen LogP contribution in [0.4, 0.5) is 0 Å². The van der Waals surface area contributed by atoms with Crippen LogP contribution in [0.25, 0.3) is 0 Å². The molecular weight excluding hydrogens is 364 g/mol. The van der Waals surface area contributed by atoms with E-state index in [9.17, 15) is 9.59 Å². The summed E-state index contributed by atoms with van der Waals surface area (Å²) in [4.78, 5) is 26.6. The molecular formula is C25H28O4. The number of hydrogen-bond donors (Lipinski definition) is 0. The second-order valence-corrected chi connectivity index (χ2v) is 8.25. The summed E-state index contributed by atoms with van der Waals surface area (Å²) in [5.41, 5.74) is 2.14. The molecule has 0 aliphatic heterocycles. The number of ketones is 2. The van der Waals surface area contributed by atoms with E-state index >= 15 is 0 Å². The largest absolute Gasteiger partial charge is 0.497 e. The number of methoxy groups -OCH3 is 2. The van der Waals surface area contributed by atoms with Gasteiger partial charge in [0.2, 0.25) is 0 Å². The smallest absolute Gasteiger partial charge is 0.140 e. The summed E-state index contributed by atoms with van der Waals surface area (Å²) in [6.45, 7) is 0. The van der Waals surface area contributed by atoms with E-state index in [4.69, 9.17) is 9.47 Å². The van der Waals surface area contributed by atoms with E-state index in [1.54, 1.807) is 14.2 Å². The molecule has 2 bridgehead atoms. The van der Waals surface area contributed by atoms with Crippen molar-refractivity contribution in [3.63, 3.8) is 0 Å². The number of benzene rings is 2. The maximum Gasteiger partial charge on any atom is 0.140 e. The van der Waals surface area contributed by atoms with Gasteiger partial charge in [-0.2, -0.15) is 0 Å². The molecule has 4 heteroatoms. The quantitative estimate of drug-likeness (QED) is 0.741. The number of carbonyl (C=O) groups is 2. The molecule has 29 heavy (non-hydrogen) atoms. The van der Waals surface area contributed by atoms with Gasteiger partial charge in [0, 0.05) is 36.5 Å². The van der Waals surface area contributed by atoms with Crippen LogP contribution in [-0.4, -0.2) is 25.8 Å². The van der Waals surface area contributed by atoms with Gasteiger partial charge in [-0.15, -0.1) is 0 Å². The van der Waals surface area contributed by atoms with E-state index in [0.717, 1.165) is 41.9 Å². The lowest BCUT2D eigenvalue weighted by molar-refractivity contribution is -0.133. The Bertz CT molecular complexity index is 799. The number of fused-ring (bicyclic) bond motifs is 2. The van der Waals surface area contributed by atoms with Crippen molar-refractivity contribution in [3.05, 3.63) is 59.7 Å². The molecule has 4 unspecified atom stereocenters. The van der Waals surface area contributed by atoms with E-state index < -0.39 is 0 Å². The molecule has 0 heterocycles. The number of hydrogen-bond acceptors (Lipinski definition) is 4. The molecule has 0 radical (unpaired) electrons. The Morgan fingerprint density at radius 3 is 1.45 bits per heavy atom. The minimum atomic E-state index is -0.0767. The van der Waals surface area contributed by atoms with Gasteiger partial charge in [0.25, 0.3) is 0 Å². The zero-order valence-electron chi connectivity index (χ0n) is 17.1. The maximum atomic E-state index is 13.5. The molecule has 2 aliphatic rings. The van der Waals surface area contributed by atoms with Gasteiger partial charge in [0.15, 0.2) is 0 Å². The fraction of sp³-hybridized carbons (Fsp3) is 0.440. The molecule has 2 saturated carbocycles. The van der Waals surface area contributed by atoms with Crippen molar-refractivity contribution in [2.45, 2.75) is 43.9 Å². The second-order valence-electron chi connectivity index (χ2n) is 8.25. The van der Waals surface area contributed by atoms with Crippen molar-refractivity contribution in [3.8, 4) is 11.5 Å². The van der Waals surface area contributed by atoms with Gasteiger partial charge in [0.1, 0.15) is 23.1 Å². The zero-order chi connectivity index (χ0) is 20.4. The molecule has 2 fully saturated rings. The predicted molar refractivity (Wildman–Crippen MR) is 112 cm³/mol. The van der Waals surface area contributed by atoms with Crippen molar-refractivity contribution in [2.75, 3.05) is 14.2 Å². The highest BCUT2D eigenvalue weighted by molar-refractivity contribution is 5.90. The molecule has 0 aromatic heterocycles. The lowest BCUT2D eigenvalue weighted by Crippen LogP contribution is -2.39. The Kier molecular flexibility index (Phi) is 5.70. The van der Waals surface area contributed by atoms with Gasteiger partial charge in [-0.3, -0.25) is 9.59 Å². The minimum absolute atomic E-state index is 0.0273. The summed E-state index contributed by atoms with van der Waals surface area (Å²) in [6.07, 6.45) is 3.64. The molecule has 2 aromatic carbocycles. The fourth-order valence-electron chi connectivity index (χ4n) is 5.18. The van der Waals surface area contributed by atoms with Crippen LogP contribution >= 0.6 is 0 Å². The van der Waals surface area contributed by atoms with Crippen LogP contribution in [0, 0.1) is 11.8 Å². The maximum absolute atomic E-state index is 13.5. The first kappa shape index (κ1) is 19.7. The summed E-state index contributed by atoms with van der Waals surface area (Å²) in [7, 11) is 3.28. The highest BCUT2D eigenvalue weighted by Gasteiger charge is 2.44. The monoisotopic (exact) mass is 392 g/mol. The Hall–Kier alpha value is -2.62. The van der Waals surface area contributed by atoms with Crippen LogP contribution in [0.15, 0.2) is 48.5 Å². The summed E-state index contributed by atoms with van der Waals surface area (Å²) >= 11 is 0. The average molecular weight is 392 g/mol. The van der Waals surface area contributed by atoms with Gasteiger partial charge >= 0.3 is 0 Å². The Balaban J connectivity index is 1.65. The molecule has 0 saturated heterocycles. The zero-order valence-corrected chi connectivity index (χ0v) is 17.1. The lowest BCUT2D eigenvalue weighted by Gasteiger charge is -2.39. The van der Waals surface area contributed by atoms with Gasteiger partial charge in [0.05, 0.1) is 14.2 Å². The molecule has 0 N–H and O–H groups in total. The summed E-state index contributed by atoms with van der Waals surface area (Å²) in [6, 6.07) is 15.7. The Morgan fingerprint density at radius 1 is 0.655 bits per heavy atom. The first-order chi connectivity index (χ1) is 14.1. The van der Waals surface area contributed by atoms with Crippen LogP contribution in [0.2, 0.25) is 0 Å². The summed E-state index contributed by atoms with van der Waals surface area (Å²) in [5.74, 6) is 1.96. The molecule has 4 rings (SSSR count). The SMILES string of the molecule is COc1ccc(C2CC(=O)CC(c3ccc(OC)cc3)C3CCCC2C3=O)cc1. The average Bonchev–Trinajstić information content (AvgIpc) is 2.76. The van der Waals surface area contributed by atoms with E-state index in [1.807, 2.05) is 48.5 Å². The van der Waals surface area contributed by atoms with Gasteiger partial charge in [-0.05, 0) is 48.2 Å². The molecule has 152 valence electrons. The Morgan fingerprint density at radius 2 is 1.07 bits per heavy atom. The molecule has 4 nitrogen and oxygen atoms in total. The minimum Gasteiger partial charge on any atom is -0.497 e. The third-order valence-electron chi connectivity index (χ3n) is 6.72. The summed E-state index contributed by atoms with van der Waals surface area (Å²) < 4.78 is 10.5. The number of Topliss-reactive ketones (excluding diaryl/α,β-unsaturated/α-hetero) is 2. The number of carbonyl (C=O) groups excluding carboxylic acids is 2. The third-order valence-corrected chi connectivity index (χ3v) is 6.72. The first-order valence-corrected chi connectivity index (χ1v) is 10.4. The molecule has 0 spiro atoms. The van der Waals surface area contributed by atoms with E-state index in [-0.39, 0.29) is 29.5 Å². The molecule has 4 atom stereocenters. The molecule has 2 aliphatic carbocycles. The van der Waals surface area contributed by atoms with Crippen LogP contribution < -0.4 is 9.47 Å². The van der Waals surface area contributed by atoms with Gasteiger partial charge < -0.3 is 9.47 Å². The number of ether oxygens (including phenoxy) is 2. The van der Waals surface area contributed by atoms with Crippen LogP contribution in [0.5, 0.6) is 11.5 Å². The van der Waals surface area contributed by atoms with E-state index in [2.05, 4.69) is 0 Å². The van der Waals surface area contributed by atoms with Crippen LogP contribution in [0.1, 0.15) is 55.1 Å². The fourth-order valence-corrected chi connectivity index (χ4v) is 5.18. The van der Waals surface area contributed by atoms with Gasteiger partial charge in [-0.25, -0.2) is 0 Å². The third kappa shape index (κ3) is 3.93. The Labute approximate surface area is 172 Å². The van der Waals surface area contributed by atoms with E-state index in [1.165, 1.54) is 0 Å². The van der Waals surface area contributed by atoms with E-state index in [0.29, 0.717) is 18.6 Å². The second kappa shape index (κ2) is 8.40.